The molecule has 0 spiro atoms. The summed E-state index contributed by atoms with van der Waals surface area (Å²) in [6.07, 6.45) is 24.0. The summed E-state index contributed by atoms with van der Waals surface area (Å²) in [7, 11) is 0. The SMILES string of the molecule is CCCCCCCCCCCCCCCc1n(CC)cc[n+]1CCN. The monoisotopic (exact) mass is 350 g/mol. The minimum atomic E-state index is 0.726. The number of nitrogens with two attached hydrogens (primary N) is 1. The number of rotatable bonds is 17. The van der Waals surface area contributed by atoms with Crippen LogP contribution in [0.5, 0.6) is 0 Å². The summed E-state index contributed by atoms with van der Waals surface area (Å²) in [4.78, 5) is 0. The molecular weight excluding hydrogens is 306 g/mol. The third-order valence-corrected chi connectivity index (χ3v) is 5.30. The third-order valence-electron chi connectivity index (χ3n) is 5.30. The van der Waals surface area contributed by atoms with Gasteiger partial charge in [0.2, 0.25) is 0 Å². The van der Waals surface area contributed by atoms with Crippen LogP contribution in [0.25, 0.3) is 0 Å². The third kappa shape index (κ3) is 10.0. The number of hydrogen-bond donors (Lipinski definition) is 1. The molecule has 0 bridgehead atoms. The Labute approximate surface area is 157 Å². The molecule has 1 heterocycles. The standard InChI is InChI=1S/C22H44N3/c1-3-5-6-7-8-9-10-11-12-13-14-15-16-17-22-24(4-2)20-21-25(22)19-18-23/h20-21H,3-19,23H2,1-2H3/q+1. The van der Waals surface area contributed by atoms with Crippen molar-refractivity contribution in [1.82, 2.24) is 4.57 Å². The fraction of sp³-hybridized carbons (Fsp3) is 0.864. The zero-order valence-corrected chi connectivity index (χ0v) is 17.1. The van der Waals surface area contributed by atoms with E-state index in [1.165, 1.54) is 95.7 Å². The highest BCUT2D eigenvalue weighted by molar-refractivity contribution is 4.83. The van der Waals surface area contributed by atoms with Crippen molar-refractivity contribution in [2.75, 3.05) is 6.54 Å². The molecule has 2 N–H and O–H groups in total. The molecule has 0 radical (unpaired) electrons. The predicted molar refractivity (Wildman–Crippen MR) is 109 cm³/mol. The first kappa shape index (κ1) is 22.2. The van der Waals surface area contributed by atoms with Crippen LogP contribution in [0.4, 0.5) is 0 Å². The van der Waals surface area contributed by atoms with Crippen molar-refractivity contribution in [2.24, 2.45) is 5.73 Å². The molecule has 3 nitrogen and oxygen atoms in total. The molecule has 0 aliphatic rings. The Bertz CT molecular complexity index is 411. The molecule has 0 aliphatic carbocycles. The molecule has 0 fully saturated rings. The smallest absolute Gasteiger partial charge is 0.256 e. The Kier molecular flexibility index (Phi) is 13.7. The van der Waals surface area contributed by atoms with Crippen LogP contribution in [0.3, 0.4) is 0 Å². The summed E-state index contributed by atoms with van der Waals surface area (Å²) < 4.78 is 4.71. The quantitative estimate of drug-likeness (QED) is 0.297. The molecule has 0 aliphatic heterocycles. The second kappa shape index (κ2) is 15.4. The summed E-state index contributed by atoms with van der Waals surface area (Å²) in [6.45, 7) is 7.25. The molecule has 0 amide bonds. The molecule has 1 aromatic heterocycles. The van der Waals surface area contributed by atoms with Gasteiger partial charge in [-0.1, -0.05) is 84.0 Å². The number of unbranched alkanes of at least 4 members (excludes halogenated alkanes) is 12. The van der Waals surface area contributed by atoms with Crippen LogP contribution in [0.2, 0.25) is 0 Å². The lowest BCUT2D eigenvalue weighted by Gasteiger charge is -2.04. The minimum absolute atomic E-state index is 0.726. The van der Waals surface area contributed by atoms with E-state index in [0.29, 0.717) is 0 Å². The first-order chi connectivity index (χ1) is 12.3. The van der Waals surface area contributed by atoms with Gasteiger partial charge in [-0.25, -0.2) is 9.13 Å². The summed E-state index contributed by atoms with van der Waals surface area (Å²) in [5.41, 5.74) is 5.72. The topological polar surface area (TPSA) is 34.8 Å². The van der Waals surface area contributed by atoms with E-state index in [2.05, 4.69) is 35.4 Å². The van der Waals surface area contributed by atoms with Crippen LogP contribution in [0.15, 0.2) is 12.4 Å². The Morgan fingerprint density at radius 3 is 1.80 bits per heavy atom. The van der Waals surface area contributed by atoms with Gasteiger partial charge >= 0.3 is 0 Å². The molecule has 0 saturated heterocycles. The maximum absolute atomic E-state index is 5.72. The van der Waals surface area contributed by atoms with Gasteiger partial charge in [-0.3, -0.25) is 0 Å². The normalized spacial score (nSPS) is 11.3. The first-order valence-corrected chi connectivity index (χ1v) is 11.1. The lowest BCUT2D eigenvalue weighted by Crippen LogP contribution is -2.40. The van der Waals surface area contributed by atoms with E-state index in [1.807, 2.05) is 0 Å². The highest BCUT2D eigenvalue weighted by Crippen LogP contribution is 2.13. The molecule has 0 atom stereocenters. The van der Waals surface area contributed by atoms with Crippen molar-refractivity contribution < 1.29 is 4.57 Å². The van der Waals surface area contributed by atoms with Crippen molar-refractivity contribution in [1.29, 1.82) is 0 Å². The van der Waals surface area contributed by atoms with Crippen LogP contribution < -0.4 is 10.3 Å². The van der Waals surface area contributed by atoms with E-state index in [4.69, 9.17) is 5.73 Å². The zero-order valence-electron chi connectivity index (χ0n) is 17.1. The summed E-state index contributed by atoms with van der Waals surface area (Å²) >= 11 is 0. The molecular formula is C22H44N3+. The molecule has 1 aromatic rings. The van der Waals surface area contributed by atoms with Crippen LogP contribution in [-0.4, -0.2) is 11.1 Å². The number of aryl methyl sites for hydroxylation is 1. The average molecular weight is 351 g/mol. The van der Waals surface area contributed by atoms with Crippen molar-refractivity contribution in [2.45, 2.75) is 117 Å². The lowest BCUT2D eigenvalue weighted by atomic mass is 10.0. The van der Waals surface area contributed by atoms with Gasteiger partial charge in [-0.2, -0.15) is 0 Å². The van der Waals surface area contributed by atoms with E-state index in [-0.39, 0.29) is 0 Å². The number of nitrogens with zero attached hydrogens (tertiary/aromatic N) is 2. The van der Waals surface area contributed by atoms with Gasteiger partial charge < -0.3 is 5.73 Å². The Hall–Kier alpha value is -0.830. The zero-order chi connectivity index (χ0) is 18.2. The second-order valence-corrected chi connectivity index (χ2v) is 7.48. The van der Waals surface area contributed by atoms with Crippen LogP contribution in [-0.2, 0) is 19.5 Å². The molecule has 3 heteroatoms. The van der Waals surface area contributed by atoms with Gasteiger partial charge in [0.1, 0.15) is 18.9 Å². The Balaban J connectivity index is 1.98. The van der Waals surface area contributed by atoms with Gasteiger partial charge in [0.05, 0.1) is 6.54 Å². The van der Waals surface area contributed by atoms with Crippen molar-refractivity contribution in [3.63, 3.8) is 0 Å². The Morgan fingerprint density at radius 2 is 1.32 bits per heavy atom. The van der Waals surface area contributed by atoms with Crippen LogP contribution >= 0.6 is 0 Å². The van der Waals surface area contributed by atoms with Crippen molar-refractivity contribution in [3.8, 4) is 0 Å². The molecule has 0 aromatic carbocycles. The largest absolute Gasteiger partial charge is 0.327 e. The van der Waals surface area contributed by atoms with Crippen molar-refractivity contribution in [3.05, 3.63) is 18.2 Å². The molecule has 1 rings (SSSR count). The van der Waals surface area contributed by atoms with Crippen LogP contribution in [0, 0.1) is 0 Å². The van der Waals surface area contributed by atoms with E-state index in [9.17, 15) is 0 Å². The van der Waals surface area contributed by atoms with Crippen LogP contribution in [0.1, 0.15) is 103 Å². The number of imidazole rings is 1. The summed E-state index contributed by atoms with van der Waals surface area (Å²) in [5, 5.41) is 0. The number of aromatic nitrogens is 2. The fourth-order valence-electron chi connectivity index (χ4n) is 3.72. The maximum atomic E-state index is 5.72. The van der Waals surface area contributed by atoms with E-state index < -0.39 is 0 Å². The second-order valence-electron chi connectivity index (χ2n) is 7.48. The number of hydrogen-bond acceptors (Lipinski definition) is 1. The molecule has 25 heavy (non-hydrogen) atoms. The van der Waals surface area contributed by atoms with Gasteiger partial charge in [0, 0.05) is 13.0 Å². The van der Waals surface area contributed by atoms with E-state index in [0.717, 1.165) is 19.6 Å². The van der Waals surface area contributed by atoms with Gasteiger partial charge in [0.15, 0.2) is 0 Å². The van der Waals surface area contributed by atoms with E-state index in [1.54, 1.807) is 0 Å². The van der Waals surface area contributed by atoms with Gasteiger partial charge in [-0.15, -0.1) is 0 Å². The highest BCUT2D eigenvalue weighted by atomic mass is 15.1. The molecule has 0 saturated carbocycles. The minimum Gasteiger partial charge on any atom is -0.327 e. The Morgan fingerprint density at radius 1 is 0.800 bits per heavy atom. The summed E-state index contributed by atoms with van der Waals surface area (Å²) in [5.74, 6) is 1.45. The van der Waals surface area contributed by atoms with E-state index >= 15 is 0 Å². The van der Waals surface area contributed by atoms with Gasteiger partial charge in [0.25, 0.3) is 5.82 Å². The predicted octanol–water partition coefficient (Wildman–Crippen LogP) is 5.39. The maximum Gasteiger partial charge on any atom is 0.256 e. The van der Waals surface area contributed by atoms with Gasteiger partial charge in [-0.05, 0) is 13.3 Å². The average Bonchev–Trinajstić information content (AvgIpc) is 3.01. The van der Waals surface area contributed by atoms with Crippen molar-refractivity contribution >= 4 is 0 Å². The fourth-order valence-corrected chi connectivity index (χ4v) is 3.72. The molecule has 146 valence electrons. The first-order valence-electron chi connectivity index (χ1n) is 11.1. The molecule has 0 unspecified atom stereocenters. The highest BCUT2D eigenvalue weighted by Gasteiger charge is 2.14. The lowest BCUT2D eigenvalue weighted by molar-refractivity contribution is -0.701. The summed E-state index contributed by atoms with van der Waals surface area (Å²) in [6, 6.07) is 0.